The monoisotopic (exact) mass is 367 g/mol. The van der Waals surface area contributed by atoms with Gasteiger partial charge in [-0.25, -0.2) is 9.78 Å². The van der Waals surface area contributed by atoms with Gasteiger partial charge in [-0.1, -0.05) is 30.3 Å². The van der Waals surface area contributed by atoms with Crippen molar-refractivity contribution < 1.29 is 14.3 Å². The van der Waals surface area contributed by atoms with Crippen LogP contribution in [0.2, 0.25) is 0 Å². The largest absolute Gasteiger partial charge is 0.448 e. The van der Waals surface area contributed by atoms with Gasteiger partial charge in [-0.05, 0) is 44.6 Å². The molecule has 2 heterocycles. The molecule has 0 radical (unpaired) electrons. The third kappa shape index (κ3) is 5.12. The first kappa shape index (κ1) is 19.0. The molecule has 6 heteroatoms. The fraction of sp³-hybridized carbons (Fsp3) is 0.429. The van der Waals surface area contributed by atoms with Crippen molar-refractivity contribution in [1.82, 2.24) is 14.9 Å². The molecule has 1 aliphatic heterocycles. The van der Waals surface area contributed by atoms with Gasteiger partial charge in [-0.3, -0.25) is 9.78 Å². The van der Waals surface area contributed by atoms with Crippen molar-refractivity contribution in [3.8, 4) is 0 Å². The second-order valence-corrected chi connectivity index (χ2v) is 7.05. The van der Waals surface area contributed by atoms with Crippen LogP contribution in [0.4, 0.5) is 0 Å². The highest BCUT2D eigenvalue weighted by Gasteiger charge is 2.28. The van der Waals surface area contributed by atoms with Gasteiger partial charge in [-0.15, -0.1) is 0 Å². The van der Waals surface area contributed by atoms with Crippen molar-refractivity contribution in [1.29, 1.82) is 0 Å². The standard InChI is InChI=1S/C21H25N3O3/c1-15-13-23-19(14-22-15)21(26)27-16(2)20(25)24-10-8-18(9-11-24)12-17-6-4-3-5-7-17/h3-7,13-14,16,18H,8-12H2,1-2H3. The number of amides is 1. The van der Waals surface area contributed by atoms with Gasteiger partial charge in [0.2, 0.25) is 0 Å². The number of likely N-dealkylation sites (tertiary alicyclic amines) is 1. The first-order valence-corrected chi connectivity index (χ1v) is 9.35. The number of aromatic nitrogens is 2. The molecule has 0 aliphatic carbocycles. The average Bonchev–Trinajstić information content (AvgIpc) is 2.69. The van der Waals surface area contributed by atoms with Crippen LogP contribution in [0.1, 0.15) is 41.5 Å². The van der Waals surface area contributed by atoms with E-state index in [9.17, 15) is 9.59 Å². The van der Waals surface area contributed by atoms with Gasteiger partial charge in [0, 0.05) is 19.3 Å². The number of hydrogen-bond donors (Lipinski definition) is 0. The Morgan fingerprint density at radius 2 is 1.85 bits per heavy atom. The maximum absolute atomic E-state index is 12.6. The molecule has 3 rings (SSSR count). The zero-order chi connectivity index (χ0) is 19.2. The van der Waals surface area contributed by atoms with E-state index in [1.807, 2.05) is 6.07 Å². The molecular formula is C21H25N3O3. The Morgan fingerprint density at radius 3 is 2.48 bits per heavy atom. The van der Waals surface area contributed by atoms with Gasteiger partial charge in [0.15, 0.2) is 11.8 Å². The van der Waals surface area contributed by atoms with Crippen molar-refractivity contribution >= 4 is 11.9 Å². The van der Waals surface area contributed by atoms with E-state index in [0.717, 1.165) is 19.3 Å². The number of rotatable bonds is 5. The summed E-state index contributed by atoms with van der Waals surface area (Å²) in [4.78, 5) is 34.5. The van der Waals surface area contributed by atoms with Crippen molar-refractivity contribution in [3.05, 3.63) is 59.7 Å². The first-order valence-electron chi connectivity index (χ1n) is 9.35. The Bertz CT molecular complexity index is 769. The van der Waals surface area contributed by atoms with Gasteiger partial charge < -0.3 is 9.64 Å². The normalized spacial score (nSPS) is 16.0. The third-order valence-corrected chi connectivity index (χ3v) is 4.92. The molecule has 6 nitrogen and oxygen atoms in total. The highest BCUT2D eigenvalue weighted by molar-refractivity contribution is 5.90. The topological polar surface area (TPSA) is 72.4 Å². The lowest BCUT2D eigenvalue weighted by atomic mass is 9.90. The maximum Gasteiger partial charge on any atom is 0.359 e. The molecule has 0 spiro atoms. The zero-order valence-electron chi connectivity index (χ0n) is 15.8. The second-order valence-electron chi connectivity index (χ2n) is 7.05. The Hall–Kier alpha value is -2.76. The quantitative estimate of drug-likeness (QED) is 0.760. The Kier molecular flexibility index (Phi) is 6.16. The molecule has 142 valence electrons. The van der Waals surface area contributed by atoms with Gasteiger partial charge in [0.25, 0.3) is 5.91 Å². The number of hydrogen-bond acceptors (Lipinski definition) is 5. The van der Waals surface area contributed by atoms with E-state index in [0.29, 0.717) is 24.7 Å². The summed E-state index contributed by atoms with van der Waals surface area (Å²) in [5.74, 6) is -0.193. The number of carbonyl (C=O) groups is 2. The zero-order valence-corrected chi connectivity index (χ0v) is 15.8. The molecule has 1 saturated heterocycles. The van der Waals surface area contributed by atoms with Crippen LogP contribution in [-0.2, 0) is 16.0 Å². The van der Waals surface area contributed by atoms with Gasteiger partial charge in [-0.2, -0.15) is 0 Å². The van der Waals surface area contributed by atoms with Gasteiger partial charge in [0.1, 0.15) is 0 Å². The second kappa shape index (κ2) is 8.75. The summed E-state index contributed by atoms with van der Waals surface area (Å²) in [5.41, 5.74) is 2.17. The fourth-order valence-electron chi connectivity index (χ4n) is 3.33. The van der Waals surface area contributed by atoms with E-state index < -0.39 is 12.1 Å². The number of aryl methyl sites for hydroxylation is 1. The van der Waals surface area contributed by atoms with E-state index in [1.165, 1.54) is 18.0 Å². The molecule has 1 aromatic carbocycles. The van der Waals surface area contributed by atoms with Crippen LogP contribution in [-0.4, -0.2) is 45.9 Å². The minimum Gasteiger partial charge on any atom is -0.448 e. The lowest BCUT2D eigenvalue weighted by Crippen LogP contribution is -2.44. The SMILES string of the molecule is Cc1cnc(C(=O)OC(C)C(=O)N2CCC(Cc3ccccc3)CC2)cn1. The summed E-state index contributed by atoms with van der Waals surface area (Å²) in [7, 11) is 0. The maximum atomic E-state index is 12.6. The number of carbonyl (C=O) groups excluding carboxylic acids is 2. The number of benzene rings is 1. The Balaban J connectivity index is 1.48. The van der Waals surface area contributed by atoms with E-state index in [1.54, 1.807) is 18.7 Å². The smallest absolute Gasteiger partial charge is 0.359 e. The average molecular weight is 367 g/mol. The molecule has 27 heavy (non-hydrogen) atoms. The molecule has 1 amide bonds. The Labute approximate surface area is 159 Å². The molecule has 0 N–H and O–H groups in total. The van der Waals surface area contributed by atoms with Crippen LogP contribution < -0.4 is 0 Å². The third-order valence-electron chi connectivity index (χ3n) is 4.92. The molecule has 2 aromatic rings. The highest BCUT2D eigenvalue weighted by atomic mass is 16.5. The van der Waals surface area contributed by atoms with E-state index in [-0.39, 0.29) is 11.6 Å². The number of nitrogens with zero attached hydrogens (tertiary/aromatic N) is 3. The van der Waals surface area contributed by atoms with Gasteiger partial charge in [0.05, 0.1) is 11.9 Å². The summed E-state index contributed by atoms with van der Waals surface area (Å²) >= 11 is 0. The van der Waals surface area contributed by atoms with Crippen LogP contribution in [0, 0.1) is 12.8 Å². The minimum absolute atomic E-state index is 0.113. The highest BCUT2D eigenvalue weighted by Crippen LogP contribution is 2.22. The lowest BCUT2D eigenvalue weighted by Gasteiger charge is -2.33. The summed E-state index contributed by atoms with van der Waals surface area (Å²) in [5, 5.41) is 0. The van der Waals surface area contributed by atoms with Crippen LogP contribution in [0.25, 0.3) is 0 Å². The van der Waals surface area contributed by atoms with E-state index in [4.69, 9.17) is 4.74 Å². The molecule has 1 aromatic heterocycles. The lowest BCUT2D eigenvalue weighted by molar-refractivity contribution is -0.141. The van der Waals surface area contributed by atoms with Crippen LogP contribution >= 0.6 is 0 Å². The summed E-state index contributed by atoms with van der Waals surface area (Å²) in [6.07, 6.45) is 5.01. The fourth-order valence-corrected chi connectivity index (χ4v) is 3.33. The molecule has 1 aliphatic rings. The van der Waals surface area contributed by atoms with Crippen molar-refractivity contribution in [2.75, 3.05) is 13.1 Å². The van der Waals surface area contributed by atoms with Gasteiger partial charge >= 0.3 is 5.97 Å². The van der Waals surface area contributed by atoms with Crippen LogP contribution in [0.3, 0.4) is 0 Å². The predicted molar refractivity (Wildman–Crippen MR) is 101 cm³/mol. The van der Waals surface area contributed by atoms with E-state index >= 15 is 0 Å². The molecule has 1 unspecified atom stereocenters. The number of esters is 1. The molecule has 1 fully saturated rings. The predicted octanol–water partition coefficient (Wildman–Crippen LogP) is 2.81. The summed E-state index contributed by atoms with van der Waals surface area (Å²) < 4.78 is 5.28. The molecular weight excluding hydrogens is 342 g/mol. The van der Waals surface area contributed by atoms with Crippen molar-refractivity contribution in [3.63, 3.8) is 0 Å². The number of ether oxygens (including phenoxy) is 1. The molecule has 1 atom stereocenters. The molecule has 0 bridgehead atoms. The van der Waals surface area contributed by atoms with E-state index in [2.05, 4.69) is 34.2 Å². The summed E-state index contributed by atoms with van der Waals surface area (Å²) in [6.45, 7) is 4.79. The van der Waals surface area contributed by atoms with Crippen LogP contribution in [0.5, 0.6) is 0 Å². The van der Waals surface area contributed by atoms with Crippen molar-refractivity contribution in [2.24, 2.45) is 5.92 Å². The summed E-state index contributed by atoms with van der Waals surface area (Å²) in [6, 6.07) is 10.4. The van der Waals surface area contributed by atoms with Crippen LogP contribution in [0.15, 0.2) is 42.7 Å². The first-order chi connectivity index (χ1) is 13.0. The molecule has 0 saturated carbocycles. The minimum atomic E-state index is -0.828. The Morgan fingerprint density at radius 1 is 1.15 bits per heavy atom. The van der Waals surface area contributed by atoms with Crippen molar-refractivity contribution in [2.45, 2.75) is 39.2 Å². The number of piperidine rings is 1.